The minimum atomic E-state index is -3.57. The van der Waals surface area contributed by atoms with Crippen molar-refractivity contribution in [2.45, 2.75) is 12.8 Å². The maximum Gasteiger partial charge on any atom is 0.281 e. The molecule has 1 heterocycles. The van der Waals surface area contributed by atoms with Crippen LogP contribution in [0.4, 0.5) is 14.5 Å². The highest BCUT2D eigenvalue weighted by atomic mass is 32.2. The number of amides is 1. The predicted octanol–water partition coefficient (Wildman–Crippen LogP) is 1.42. The maximum absolute atomic E-state index is 13.2. The molecule has 9 heteroatoms. The Hall–Kier alpha value is -1.58. The van der Waals surface area contributed by atoms with Crippen molar-refractivity contribution in [1.82, 2.24) is 8.61 Å². The molecule has 0 saturated carbocycles. The highest BCUT2D eigenvalue weighted by Gasteiger charge is 2.33. The van der Waals surface area contributed by atoms with Crippen LogP contribution in [-0.2, 0) is 15.0 Å². The van der Waals surface area contributed by atoms with Crippen LogP contribution in [0.5, 0.6) is 0 Å². The van der Waals surface area contributed by atoms with E-state index in [0.29, 0.717) is 19.4 Å². The van der Waals surface area contributed by atoms with Gasteiger partial charge in [0, 0.05) is 38.9 Å². The third kappa shape index (κ3) is 4.04. The zero-order valence-electron chi connectivity index (χ0n) is 12.9. The van der Waals surface area contributed by atoms with Gasteiger partial charge in [0.25, 0.3) is 10.2 Å². The second-order valence-corrected chi connectivity index (χ2v) is 7.75. The molecule has 0 spiro atoms. The minimum absolute atomic E-state index is 0.0655. The van der Waals surface area contributed by atoms with E-state index in [1.807, 2.05) is 0 Å². The minimum Gasteiger partial charge on any atom is -0.326 e. The van der Waals surface area contributed by atoms with Gasteiger partial charge in [-0.3, -0.25) is 4.79 Å². The standard InChI is InChI=1S/C14H19F2N3O3S/c1-18(2)23(21,22)19-7-3-4-10(9-19)14(20)17-11-5-6-12(15)13(16)8-11/h5-6,8,10H,3-4,7,9H2,1-2H3,(H,17,20)/t10-/m0/s1. The van der Waals surface area contributed by atoms with Crippen LogP contribution in [0.2, 0.25) is 0 Å². The number of hydrogen-bond donors (Lipinski definition) is 1. The molecule has 0 aromatic heterocycles. The smallest absolute Gasteiger partial charge is 0.281 e. The summed E-state index contributed by atoms with van der Waals surface area (Å²) in [5.74, 6) is -2.99. The summed E-state index contributed by atoms with van der Waals surface area (Å²) in [4.78, 5) is 12.2. The van der Waals surface area contributed by atoms with E-state index in [4.69, 9.17) is 0 Å². The van der Waals surface area contributed by atoms with Crippen LogP contribution >= 0.6 is 0 Å². The van der Waals surface area contributed by atoms with Crippen LogP contribution in [0.1, 0.15) is 12.8 Å². The molecule has 6 nitrogen and oxygen atoms in total. The largest absolute Gasteiger partial charge is 0.326 e. The molecule has 1 N–H and O–H groups in total. The quantitative estimate of drug-likeness (QED) is 0.896. The summed E-state index contributed by atoms with van der Waals surface area (Å²) in [6.45, 7) is 0.422. The van der Waals surface area contributed by atoms with Gasteiger partial charge in [0.15, 0.2) is 11.6 Å². The molecular formula is C14H19F2N3O3S. The first-order valence-corrected chi connectivity index (χ1v) is 8.55. The molecule has 2 rings (SSSR count). The lowest BCUT2D eigenvalue weighted by Gasteiger charge is -2.32. The lowest BCUT2D eigenvalue weighted by atomic mass is 9.98. The molecule has 23 heavy (non-hydrogen) atoms. The maximum atomic E-state index is 13.2. The van der Waals surface area contributed by atoms with Crippen LogP contribution in [0, 0.1) is 17.6 Å². The molecular weight excluding hydrogens is 328 g/mol. The Morgan fingerprint density at radius 2 is 2.00 bits per heavy atom. The third-order valence-corrected chi connectivity index (χ3v) is 5.64. The molecule has 1 aliphatic heterocycles. The molecule has 1 aromatic rings. The first-order chi connectivity index (χ1) is 10.7. The van der Waals surface area contributed by atoms with E-state index in [-0.39, 0.29) is 12.2 Å². The van der Waals surface area contributed by atoms with Gasteiger partial charge in [0.2, 0.25) is 5.91 Å². The van der Waals surface area contributed by atoms with E-state index in [0.717, 1.165) is 16.4 Å². The van der Waals surface area contributed by atoms with Crippen molar-refractivity contribution < 1.29 is 22.0 Å². The molecule has 1 aliphatic rings. The second kappa shape index (κ2) is 6.90. The fourth-order valence-corrected chi connectivity index (χ4v) is 3.61. The summed E-state index contributed by atoms with van der Waals surface area (Å²) in [5.41, 5.74) is 0.140. The third-order valence-electron chi connectivity index (χ3n) is 3.73. The molecule has 0 aliphatic carbocycles. The molecule has 0 unspecified atom stereocenters. The van der Waals surface area contributed by atoms with E-state index >= 15 is 0 Å². The van der Waals surface area contributed by atoms with Gasteiger partial charge in [-0.15, -0.1) is 0 Å². The first kappa shape index (κ1) is 17.8. The molecule has 0 radical (unpaired) electrons. The molecule has 1 saturated heterocycles. The van der Waals surface area contributed by atoms with Gasteiger partial charge < -0.3 is 5.32 Å². The van der Waals surface area contributed by atoms with E-state index < -0.39 is 33.7 Å². The van der Waals surface area contributed by atoms with E-state index in [1.165, 1.54) is 24.5 Å². The summed E-state index contributed by atoms with van der Waals surface area (Å²) >= 11 is 0. The lowest BCUT2D eigenvalue weighted by Crippen LogP contribution is -2.47. The number of benzene rings is 1. The average molecular weight is 347 g/mol. The number of hydrogen-bond acceptors (Lipinski definition) is 3. The van der Waals surface area contributed by atoms with Crippen LogP contribution in [-0.4, -0.2) is 50.1 Å². The van der Waals surface area contributed by atoms with E-state index in [1.54, 1.807) is 0 Å². The Morgan fingerprint density at radius 1 is 1.30 bits per heavy atom. The van der Waals surface area contributed by atoms with Crippen LogP contribution in [0.15, 0.2) is 18.2 Å². The fourth-order valence-electron chi connectivity index (χ4n) is 2.42. The van der Waals surface area contributed by atoms with Crippen molar-refractivity contribution in [2.75, 3.05) is 32.5 Å². The van der Waals surface area contributed by atoms with Crippen LogP contribution in [0.25, 0.3) is 0 Å². The highest BCUT2D eigenvalue weighted by Crippen LogP contribution is 2.22. The molecule has 128 valence electrons. The Morgan fingerprint density at radius 3 is 2.61 bits per heavy atom. The molecule has 1 aromatic carbocycles. The van der Waals surface area contributed by atoms with Gasteiger partial charge in [-0.05, 0) is 25.0 Å². The van der Waals surface area contributed by atoms with E-state index in [2.05, 4.69) is 5.32 Å². The van der Waals surface area contributed by atoms with Crippen molar-refractivity contribution in [2.24, 2.45) is 5.92 Å². The number of rotatable bonds is 4. The molecule has 1 atom stereocenters. The van der Waals surface area contributed by atoms with Crippen molar-refractivity contribution in [3.63, 3.8) is 0 Å². The van der Waals surface area contributed by atoms with E-state index in [9.17, 15) is 22.0 Å². The average Bonchev–Trinajstić information content (AvgIpc) is 2.51. The van der Waals surface area contributed by atoms with Crippen molar-refractivity contribution >= 4 is 21.8 Å². The van der Waals surface area contributed by atoms with Crippen molar-refractivity contribution in [3.8, 4) is 0 Å². The Bertz CT molecular complexity index is 695. The Balaban J connectivity index is 2.06. The molecule has 1 fully saturated rings. The van der Waals surface area contributed by atoms with Gasteiger partial charge in [0.05, 0.1) is 5.92 Å². The summed E-state index contributed by atoms with van der Waals surface area (Å²) in [7, 11) is -0.713. The molecule has 1 amide bonds. The van der Waals surface area contributed by atoms with Crippen LogP contribution in [0.3, 0.4) is 0 Å². The number of piperidine rings is 1. The summed E-state index contributed by atoms with van der Waals surface area (Å²) in [6.07, 6.45) is 1.10. The SMILES string of the molecule is CN(C)S(=O)(=O)N1CCC[C@H](C(=O)Nc2ccc(F)c(F)c2)C1. The Labute approximate surface area is 134 Å². The first-order valence-electron chi connectivity index (χ1n) is 7.15. The summed E-state index contributed by atoms with van der Waals surface area (Å²) < 4.78 is 52.6. The van der Waals surface area contributed by atoms with Crippen LogP contribution < -0.4 is 5.32 Å². The predicted molar refractivity (Wildman–Crippen MR) is 81.9 cm³/mol. The number of carbonyl (C=O) groups excluding carboxylic acids is 1. The summed E-state index contributed by atoms with van der Waals surface area (Å²) in [5, 5.41) is 2.50. The topological polar surface area (TPSA) is 69.7 Å². The van der Waals surface area contributed by atoms with Gasteiger partial charge in [-0.1, -0.05) is 0 Å². The zero-order chi connectivity index (χ0) is 17.2. The van der Waals surface area contributed by atoms with Gasteiger partial charge in [-0.25, -0.2) is 8.78 Å². The van der Waals surface area contributed by atoms with Crippen molar-refractivity contribution in [1.29, 1.82) is 0 Å². The van der Waals surface area contributed by atoms with Gasteiger partial charge in [0.1, 0.15) is 0 Å². The number of halogens is 2. The number of nitrogens with zero attached hydrogens (tertiary/aromatic N) is 2. The summed E-state index contributed by atoms with van der Waals surface area (Å²) in [6, 6.07) is 3.08. The number of carbonyl (C=O) groups is 1. The fraction of sp³-hybridized carbons (Fsp3) is 0.500. The Kier molecular flexibility index (Phi) is 5.33. The zero-order valence-corrected chi connectivity index (χ0v) is 13.7. The van der Waals surface area contributed by atoms with Crippen molar-refractivity contribution in [3.05, 3.63) is 29.8 Å². The van der Waals surface area contributed by atoms with Gasteiger partial charge >= 0.3 is 0 Å². The second-order valence-electron chi connectivity index (χ2n) is 5.61. The highest BCUT2D eigenvalue weighted by molar-refractivity contribution is 7.86. The normalized spacial score (nSPS) is 19.8. The molecule has 0 bridgehead atoms. The lowest BCUT2D eigenvalue weighted by molar-refractivity contribution is -0.120. The monoisotopic (exact) mass is 347 g/mol. The number of anilines is 1. The number of nitrogens with one attached hydrogen (secondary N) is 1. The van der Waals surface area contributed by atoms with Gasteiger partial charge in [-0.2, -0.15) is 17.0 Å².